The highest BCUT2D eigenvalue weighted by Crippen LogP contribution is 2.25. The van der Waals surface area contributed by atoms with E-state index in [1.807, 2.05) is 74.5 Å². The molecule has 3 aromatic carbocycles. The molecule has 0 unspecified atom stereocenters. The SMILES string of the molecule is Cc1ccc(NC(=O)CSc2nc3ccccc3c(=O)n2-c2ccccc2C)c(Br)c1. The maximum atomic E-state index is 13.3. The Balaban J connectivity index is 1.68. The fraction of sp³-hybridized carbons (Fsp3) is 0.125. The predicted molar refractivity (Wildman–Crippen MR) is 130 cm³/mol. The maximum Gasteiger partial charge on any atom is 0.266 e. The first kappa shape index (κ1) is 21.3. The standard InChI is InChI=1S/C24H20BrN3O2S/c1-15-11-12-20(18(25)13-15)26-22(29)14-31-24-27-19-9-5-4-8-17(19)23(30)28(24)21-10-6-3-7-16(21)2/h3-13H,14H2,1-2H3,(H,26,29). The number of hydrogen-bond acceptors (Lipinski definition) is 4. The normalized spacial score (nSPS) is 10.9. The summed E-state index contributed by atoms with van der Waals surface area (Å²) < 4.78 is 2.42. The van der Waals surface area contributed by atoms with Crippen molar-refractivity contribution in [3.05, 3.63) is 92.7 Å². The Morgan fingerprint density at radius 1 is 1.06 bits per heavy atom. The zero-order chi connectivity index (χ0) is 22.0. The fourth-order valence-electron chi connectivity index (χ4n) is 3.27. The monoisotopic (exact) mass is 493 g/mol. The molecule has 31 heavy (non-hydrogen) atoms. The highest BCUT2D eigenvalue weighted by Gasteiger charge is 2.16. The molecule has 0 saturated carbocycles. The first-order chi connectivity index (χ1) is 14.9. The summed E-state index contributed by atoms with van der Waals surface area (Å²) in [6, 6.07) is 20.7. The van der Waals surface area contributed by atoms with Gasteiger partial charge < -0.3 is 5.32 Å². The third-order valence-electron chi connectivity index (χ3n) is 4.83. The summed E-state index contributed by atoms with van der Waals surface area (Å²) in [5, 5.41) is 3.94. The summed E-state index contributed by atoms with van der Waals surface area (Å²) >= 11 is 4.72. The third-order valence-corrected chi connectivity index (χ3v) is 6.43. The van der Waals surface area contributed by atoms with Gasteiger partial charge in [-0.05, 0) is 71.2 Å². The van der Waals surface area contributed by atoms with Crippen LogP contribution in [-0.2, 0) is 4.79 Å². The Morgan fingerprint density at radius 2 is 1.81 bits per heavy atom. The molecule has 1 amide bonds. The van der Waals surface area contributed by atoms with Gasteiger partial charge in [0, 0.05) is 4.47 Å². The van der Waals surface area contributed by atoms with Crippen LogP contribution in [0.5, 0.6) is 0 Å². The largest absolute Gasteiger partial charge is 0.324 e. The second-order valence-corrected chi connectivity index (χ2v) is 8.96. The summed E-state index contributed by atoms with van der Waals surface area (Å²) in [6.45, 7) is 3.94. The lowest BCUT2D eigenvalue weighted by Gasteiger charge is -2.15. The van der Waals surface area contributed by atoms with Crippen molar-refractivity contribution in [2.45, 2.75) is 19.0 Å². The van der Waals surface area contributed by atoms with Gasteiger partial charge in [-0.2, -0.15) is 0 Å². The Kier molecular flexibility index (Phi) is 6.25. The minimum absolute atomic E-state index is 0.122. The number of carbonyl (C=O) groups is 1. The van der Waals surface area contributed by atoms with Crippen LogP contribution >= 0.6 is 27.7 Å². The molecule has 0 radical (unpaired) electrons. The summed E-state index contributed by atoms with van der Waals surface area (Å²) in [5.74, 6) is -0.0509. The minimum atomic E-state index is -0.173. The average Bonchev–Trinajstić information content (AvgIpc) is 2.75. The number of anilines is 1. The van der Waals surface area contributed by atoms with Crippen LogP contribution in [0.2, 0.25) is 0 Å². The summed E-state index contributed by atoms with van der Waals surface area (Å²) in [5.41, 5.74) is 3.98. The van der Waals surface area contributed by atoms with Gasteiger partial charge in [-0.15, -0.1) is 0 Å². The van der Waals surface area contributed by atoms with Crippen LogP contribution in [0.4, 0.5) is 5.69 Å². The number of rotatable bonds is 5. The zero-order valence-electron chi connectivity index (χ0n) is 17.1. The molecule has 0 aliphatic heterocycles. The van der Waals surface area contributed by atoms with Gasteiger partial charge in [0.05, 0.1) is 28.0 Å². The molecule has 0 spiro atoms. The number of benzene rings is 3. The fourth-order valence-corrected chi connectivity index (χ4v) is 4.67. The summed E-state index contributed by atoms with van der Waals surface area (Å²) in [4.78, 5) is 30.6. The summed E-state index contributed by atoms with van der Waals surface area (Å²) in [6.07, 6.45) is 0. The van der Waals surface area contributed by atoms with E-state index in [9.17, 15) is 9.59 Å². The molecule has 0 aliphatic rings. The van der Waals surface area contributed by atoms with Gasteiger partial charge in [-0.3, -0.25) is 14.2 Å². The number of thioether (sulfide) groups is 1. The number of halogens is 1. The second-order valence-electron chi connectivity index (χ2n) is 7.16. The lowest BCUT2D eigenvalue weighted by molar-refractivity contribution is -0.113. The van der Waals surface area contributed by atoms with Crippen molar-refractivity contribution in [1.82, 2.24) is 9.55 Å². The smallest absolute Gasteiger partial charge is 0.266 e. The topological polar surface area (TPSA) is 64.0 Å². The second kappa shape index (κ2) is 9.08. The van der Waals surface area contributed by atoms with Crippen molar-refractivity contribution in [3.8, 4) is 5.69 Å². The average molecular weight is 494 g/mol. The molecule has 156 valence electrons. The summed E-state index contributed by atoms with van der Waals surface area (Å²) in [7, 11) is 0. The zero-order valence-corrected chi connectivity index (χ0v) is 19.5. The molecular formula is C24H20BrN3O2S. The number of para-hydroxylation sites is 2. The van der Waals surface area contributed by atoms with E-state index in [1.54, 1.807) is 10.6 Å². The van der Waals surface area contributed by atoms with Crippen LogP contribution in [0.3, 0.4) is 0 Å². The van der Waals surface area contributed by atoms with Crippen LogP contribution in [0.1, 0.15) is 11.1 Å². The van der Waals surface area contributed by atoms with E-state index in [0.717, 1.165) is 21.3 Å². The van der Waals surface area contributed by atoms with Gasteiger partial charge in [0.15, 0.2) is 5.16 Å². The van der Waals surface area contributed by atoms with E-state index in [2.05, 4.69) is 21.2 Å². The molecule has 4 aromatic rings. The number of carbonyl (C=O) groups excluding carboxylic acids is 1. The quantitative estimate of drug-likeness (QED) is 0.294. The maximum absolute atomic E-state index is 13.3. The Hall–Kier alpha value is -2.90. The van der Waals surface area contributed by atoms with E-state index in [-0.39, 0.29) is 17.2 Å². The number of aromatic nitrogens is 2. The molecule has 0 fully saturated rings. The van der Waals surface area contributed by atoms with Crippen LogP contribution in [0.15, 0.2) is 81.2 Å². The molecule has 0 aliphatic carbocycles. The minimum Gasteiger partial charge on any atom is -0.324 e. The van der Waals surface area contributed by atoms with E-state index in [4.69, 9.17) is 4.98 Å². The van der Waals surface area contributed by atoms with Gasteiger partial charge in [-0.1, -0.05) is 48.2 Å². The highest BCUT2D eigenvalue weighted by molar-refractivity contribution is 9.10. The number of nitrogens with one attached hydrogen (secondary N) is 1. The predicted octanol–water partition coefficient (Wildman–Crippen LogP) is 5.50. The van der Waals surface area contributed by atoms with E-state index < -0.39 is 0 Å². The van der Waals surface area contributed by atoms with Gasteiger partial charge in [0.25, 0.3) is 5.56 Å². The lowest BCUT2D eigenvalue weighted by Crippen LogP contribution is -2.23. The van der Waals surface area contributed by atoms with Crippen molar-refractivity contribution >= 4 is 50.2 Å². The Bertz CT molecular complexity index is 1350. The van der Waals surface area contributed by atoms with Gasteiger partial charge in [0.1, 0.15) is 0 Å². The van der Waals surface area contributed by atoms with Crippen LogP contribution in [-0.4, -0.2) is 21.2 Å². The number of amides is 1. The first-order valence-electron chi connectivity index (χ1n) is 9.70. The lowest BCUT2D eigenvalue weighted by atomic mass is 10.2. The van der Waals surface area contributed by atoms with Crippen LogP contribution in [0, 0.1) is 13.8 Å². The Labute approximate surface area is 192 Å². The molecule has 0 bridgehead atoms. The van der Waals surface area contributed by atoms with Crippen molar-refractivity contribution in [3.63, 3.8) is 0 Å². The first-order valence-corrected chi connectivity index (χ1v) is 11.5. The molecular weight excluding hydrogens is 474 g/mol. The van der Waals surface area contributed by atoms with E-state index in [0.29, 0.717) is 21.7 Å². The van der Waals surface area contributed by atoms with Crippen LogP contribution < -0.4 is 10.9 Å². The molecule has 7 heteroatoms. The number of fused-ring (bicyclic) bond motifs is 1. The van der Waals surface area contributed by atoms with E-state index >= 15 is 0 Å². The molecule has 5 nitrogen and oxygen atoms in total. The number of hydrogen-bond donors (Lipinski definition) is 1. The van der Waals surface area contributed by atoms with Crippen LogP contribution in [0.25, 0.3) is 16.6 Å². The molecule has 1 heterocycles. The van der Waals surface area contributed by atoms with Crippen molar-refractivity contribution < 1.29 is 4.79 Å². The third kappa shape index (κ3) is 4.57. The molecule has 4 rings (SSSR count). The molecule has 1 N–H and O–H groups in total. The van der Waals surface area contributed by atoms with Gasteiger partial charge >= 0.3 is 0 Å². The number of nitrogens with zero attached hydrogens (tertiary/aromatic N) is 2. The Morgan fingerprint density at radius 3 is 2.58 bits per heavy atom. The van der Waals surface area contributed by atoms with E-state index in [1.165, 1.54) is 11.8 Å². The van der Waals surface area contributed by atoms with Crippen molar-refractivity contribution in [2.75, 3.05) is 11.1 Å². The van der Waals surface area contributed by atoms with Crippen molar-refractivity contribution in [2.24, 2.45) is 0 Å². The highest BCUT2D eigenvalue weighted by atomic mass is 79.9. The number of aryl methyl sites for hydroxylation is 2. The molecule has 0 saturated heterocycles. The molecule has 0 atom stereocenters. The van der Waals surface area contributed by atoms with Gasteiger partial charge in [-0.25, -0.2) is 4.98 Å². The van der Waals surface area contributed by atoms with Crippen molar-refractivity contribution in [1.29, 1.82) is 0 Å². The molecule has 1 aromatic heterocycles. The van der Waals surface area contributed by atoms with Gasteiger partial charge in [0.2, 0.25) is 5.91 Å².